The number of H-pyrrole nitrogens is 1. The number of aryl methyl sites for hydroxylation is 1. The Bertz CT molecular complexity index is 1300. The molecule has 0 spiro atoms. The highest BCUT2D eigenvalue weighted by atomic mass is 32.1. The first kappa shape index (κ1) is 19.0. The largest absolute Gasteiger partial charge is 0.378 e. The van der Waals surface area contributed by atoms with Crippen LogP contribution in [0.25, 0.3) is 20.7 Å². The fourth-order valence-corrected chi connectivity index (χ4v) is 5.65. The van der Waals surface area contributed by atoms with Crippen LogP contribution in [0.3, 0.4) is 0 Å². The van der Waals surface area contributed by atoms with Gasteiger partial charge in [-0.1, -0.05) is 6.07 Å². The lowest BCUT2D eigenvalue weighted by atomic mass is 10.2. The zero-order valence-corrected chi connectivity index (χ0v) is 18.0. The predicted molar refractivity (Wildman–Crippen MR) is 124 cm³/mol. The molecule has 0 unspecified atom stereocenters. The summed E-state index contributed by atoms with van der Waals surface area (Å²) in [7, 11) is 0. The molecule has 1 aromatic carbocycles. The van der Waals surface area contributed by atoms with Gasteiger partial charge >= 0.3 is 0 Å². The lowest BCUT2D eigenvalue weighted by molar-refractivity contribution is -0.117. The van der Waals surface area contributed by atoms with E-state index in [2.05, 4.69) is 34.3 Å². The van der Waals surface area contributed by atoms with Gasteiger partial charge in [0.15, 0.2) is 0 Å². The summed E-state index contributed by atoms with van der Waals surface area (Å²) in [5.74, 6) is 0.754. The van der Waals surface area contributed by atoms with E-state index in [-0.39, 0.29) is 11.5 Å². The summed E-state index contributed by atoms with van der Waals surface area (Å²) in [6.07, 6.45) is 1.51. The lowest BCUT2D eigenvalue weighted by Gasteiger charge is -2.17. The van der Waals surface area contributed by atoms with Crippen molar-refractivity contribution in [2.45, 2.75) is 26.3 Å². The first-order valence-corrected chi connectivity index (χ1v) is 11.5. The number of hydrogen-bond acceptors (Lipinski definition) is 6. The maximum atomic E-state index is 12.8. The number of thiophene rings is 2. The Morgan fingerprint density at radius 1 is 1.23 bits per heavy atom. The topological polar surface area (TPSA) is 78.1 Å². The third kappa shape index (κ3) is 3.53. The Morgan fingerprint density at radius 3 is 2.90 bits per heavy atom. The van der Waals surface area contributed by atoms with Gasteiger partial charge in [-0.25, -0.2) is 4.98 Å². The molecule has 0 radical (unpaired) electrons. The van der Waals surface area contributed by atoms with E-state index in [0.717, 1.165) is 39.6 Å². The van der Waals surface area contributed by atoms with E-state index in [4.69, 9.17) is 0 Å². The molecular formula is C22H20N4O2S2. The Hall–Kier alpha value is -2.97. The molecule has 2 N–H and O–H groups in total. The van der Waals surface area contributed by atoms with Crippen molar-refractivity contribution in [1.82, 2.24) is 9.97 Å². The molecule has 1 aliphatic rings. The van der Waals surface area contributed by atoms with Crippen LogP contribution >= 0.6 is 22.7 Å². The summed E-state index contributed by atoms with van der Waals surface area (Å²) in [4.78, 5) is 37.2. The molecule has 1 aliphatic heterocycles. The Kier molecular flexibility index (Phi) is 4.88. The van der Waals surface area contributed by atoms with Crippen molar-refractivity contribution in [1.29, 1.82) is 0 Å². The van der Waals surface area contributed by atoms with Gasteiger partial charge in [0.2, 0.25) is 5.91 Å². The third-order valence-corrected chi connectivity index (χ3v) is 7.10. The van der Waals surface area contributed by atoms with Gasteiger partial charge in [-0.3, -0.25) is 9.59 Å². The minimum absolute atomic E-state index is 0.115. The smallest absolute Gasteiger partial charge is 0.260 e. The summed E-state index contributed by atoms with van der Waals surface area (Å²) < 4.78 is 0. The number of fused-ring (bicyclic) bond motifs is 1. The average molecular weight is 437 g/mol. The van der Waals surface area contributed by atoms with Gasteiger partial charge in [-0.05, 0) is 43.7 Å². The van der Waals surface area contributed by atoms with Gasteiger partial charge in [0, 0.05) is 45.0 Å². The van der Waals surface area contributed by atoms with Gasteiger partial charge in [0.05, 0.1) is 11.9 Å². The zero-order valence-electron chi connectivity index (χ0n) is 16.4. The standard InChI is InChI=1S/C22H20N4O2S2/c1-13-7-8-17(30-13)16-12-29-22-20(16)21(28)24-18(25-22)11-23-14-4-2-5-15(10-14)26-9-3-6-19(26)27/h2,4-5,7-8,10,12,23H,3,6,9,11H2,1H3,(H,24,25,28). The molecule has 0 bridgehead atoms. The molecule has 4 aromatic rings. The summed E-state index contributed by atoms with van der Waals surface area (Å²) >= 11 is 3.17. The van der Waals surface area contributed by atoms with Crippen LogP contribution in [0.1, 0.15) is 23.5 Å². The van der Waals surface area contributed by atoms with Crippen LogP contribution in [0.15, 0.2) is 46.6 Å². The van der Waals surface area contributed by atoms with Gasteiger partial charge in [-0.15, -0.1) is 22.7 Å². The fourth-order valence-electron chi connectivity index (χ4n) is 3.73. The first-order valence-electron chi connectivity index (χ1n) is 9.80. The quantitative estimate of drug-likeness (QED) is 0.473. The second-order valence-electron chi connectivity index (χ2n) is 7.31. The molecule has 5 rings (SSSR count). The fraction of sp³-hybridized carbons (Fsp3) is 0.227. The van der Waals surface area contributed by atoms with Crippen LogP contribution in [0.2, 0.25) is 0 Å². The number of hydrogen-bond donors (Lipinski definition) is 2. The van der Waals surface area contributed by atoms with Crippen LogP contribution in [-0.4, -0.2) is 22.4 Å². The number of carbonyl (C=O) groups is 1. The van der Waals surface area contributed by atoms with Gasteiger partial charge in [0.25, 0.3) is 5.56 Å². The van der Waals surface area contributed by atoms with Crippen molar-refractivity contribution in [3.05, 3.63) is 62.8 Å². The number of benzene rings is 1. The highest BCUT2D eigenvalue weighted by molar-refractivity contribution is 7.19. The van der Waals surface area contributed by atoms with Crippen molar-refractivity contribution >= 4 is 50.2 Å². The molecule has 152 valence electrons. The Balaban J connectivity index is 1.38. The number of nitrogens with zero attached hydrogens (tertiary/aromatic N) is 2. The van der Waals surface area contributed by atoms with Crippen LogP contribution in [0.5, 0.6) is 0 Å². The minimum atomic E-state index is -0.115. The molecule has 1 fully saturated rings. The molecule has 1 saturated heterocycles. The van der Waals surface area contributed by atoms with E-state index in [0.29, 0.717) is 24.2 Å². The van der Waals surface area contributed by atoms with Crippen LogP contribution < -0.4 is 15.8 Å². The summed E-state index contributed by atoms with van der Waals surface area (Å²) in [6, 6.07) is 11.9. The molecule has 4 heterocycles. The Morgan fingerprint density at radius 2 is 2.13 bits per heavy atom. The molecule has 3 aromatic heterocycles. The van der Waals surface area contributed by atoms with Crippen LogP contribution in [0.4, 0.5) is 11.4 Å². The lowest BCUT2D eigenvalue weighted by Crippen LogP contribution is -2.23. The minimum Gasteiger partial charge on any atom is -0.378 e. The number of aromatic nitrogens is 2. The van der Waals surface area contributed by atoms with Crippen molar-refractivity contribution in [2.75, 3.05) is 16.8 Å². The van der Waals surface area contributed by atoms with E-state index in [1.165, 1.54) is 16.2 Å². The molecule has 0 atom stereocenters. The Labute approximate surface area is 181 Å². The first-order chi connectivity index (χ1) is 14.6. The molecule has 1 amide bonds. The van der Waals surface area contributed by atoms with Crippen molar-refractivity contribution < 1.29 is 4.79 Å². The monoisotopic (exact) mass is 436 g/mol. The number of amides is 1. The SMILES string of the molecule is Cc1ccc(-c2csc3nc(CNc4cccc(N5CCCC5=O)c4)[nH]c(=O)c23)s1. The predicted octanol–water partition coefficient (Wildman–Crippen LogP) is 4.76. The van der Waals surface area contributed by atoms with Crippen molar-refractivity contribution in [3.8, 4) is 10.4 Å². The summed E-state index contributed by atoms with van der Waals surface area (Å²) in [5, 5.41) is 5.97. The second kappa shape index (κ2) is 7.70. The van der Waals surface area contributed by atoms with Crippen molar-refractivity contribution in [2.24, 2.45) is 0 Å². The molecule has 0 aliphatic carbocycles. The van der Waals surface area contributed by atoms with E-state index < -0.39 is 0 Å². The van der Waals surface area contributed by atoms with Crippen LogP contribution in [0, 0.1) is 6.92 Å². The molecule has 6 nitrogen and oxygen atoms in total. The van der Waals surface area contributed by atoms with E-state index >= 15 is 0 Å². The van der Waals surface area contributed by atoms with Gasteiger partial charge in [-0.2, -0.15) is 0 Å². The number of carbonyl (C=O) groups excluding carboxylic acids is 1. The number of rotatable bonds is 5. The molecular weight excluding hydrogens is 416 g/mol. The summed E-state index contributed by atoms with van der Waals surface area (Å²) in [6.45, 7) is 3.22. The molecule has 0 saturated carbocycles. The zero-order chi connectivity index (χ0) is 20.7. The van der Waals surface area contributed by atoms with Crippen LogP contribution in [-0.2, 0) is 11.3 Å². The number of aromatic amines is 1. The van der Waals surface area contributed by atoms with Gasteiger partial charge < -0.3 is 15.2 Å². The van der Waals surface area contributed by atoms with E-state index in [9.17, 15) is 9.59 Å². The van der Waals surface area contributed by atoms with Gasteiger partial charge in [0.1, 0.15) is 10.7 Å². The normalized spacial score (nSPS) is 14.0. The number of nitrogens with one attached hydrogen (secondary N) is 2. The maximum Gasteiger partial charge on any atom is 0.260 e. The third-order valence-electron chi connectivity index (χ3n) is 5.19. The maximum absolute atomic E-state index is 12.8. The van der Waals surface area contributed by atoms with Crippen molar-refractivity contribution in [3.63, 3.8) is 0 Å². The highest BCUT2D eigenvalue weighted by Crippen LogP contribution is 2.35. The van der Waals surface area contributed by atoms with E-state index in [1.54, 1.807) is 11.3 Å². The number of anilines is 2. The molecule has 30 heavy (non-hydrogen) atoms. The van der Waals surface area contributed by atoms with E-state index in [1.807, 2.05) is 34.5 Å². The molecule has 8 heteroatoms. The second-order valence-corrected chi connectivity index (χ2v) is 9.45. The average Bonchev–Trinajstić information content (AvgIpc) is 3.46. The summed E-state index contributed by atoms with van der Waals surface area (Å²) in [5.41, 5.74) is 2.62. The highest BCUT2D eigenvalue weighted by Gasteiger charge is 2.21.